The molecule has 0 N–H and O–H groups in total. The van der Waals surface area contributed by atoms with Gasteiger partial charge in [-0.2, -0.15) is 5.26 Å². The van der Waals surface area contributed by atoms with Crippen molar-refractivity contribution in [3.63, 3.8) is 0 Å². The first-order valence-electron chi connectivity index (χ1n) is 6.37. The average Bonchev–Trinajstić information content (AvgIpc) is 3.02. The third-order valence-electron chi connectivity index (χ3n) is 3.02. The Labute approximate surface area is 117 Å². The highest BCUT2D eigenvalue weighted by Crippen LogP contribution is 2.22. The van der Waals surface area contributed by atoms with Crippen molar-refractivity contribution in [2.24, 2.45) is 0 Å². The largest absolute Gasteiger partial charge is 0.499 e. The first-order valence-corrected chi connectivity index (χ1v) is 6.37. The maximum Gasteiger partial charge on any atom is 0.499 e. The second kappa shape index (κ2) is 5.78. The van der Waals surface area contributed by atoms with E-state index in [1.807, 2.05) is 36.4 Å². The van der Waals surface area contributed by atoms with Gasteiger partial charge in [0.2, 0.25) is 0 Å². The predicted molar refractivity (Wildman–Crippen MR) is 75.0 cm³/mol. The molecule has 5 heteroatoms. The number of hydrogen-bond acceptors (Lipinski definition) is 4. The molecule has 0 unspecified atom stereocenters. The Kier molecular flexibility index (Phi) is 3.68. The molecule has 1 saturated heterocycles. The van der Waals surface area contributed by atoms with E-state index in [9.17, 15) is 5.26 Å². The monoisotopic (exact) mass is 265 g/mol. The summed E-state index contributed by atoms with van der Waals surface area (Å²) >= 11 is 0. The fourth-order valence-electron chi connectivity index (χ4n) is 2.11. The Morgan fingerprint density at radius 1 is 1.00 bits per heavy atom. The second-order valence-electron chi connectivity index (χ2n) is 4.32. The SMILES string of the molecule is N#Cc1cccc(Oc2ccccc2)c1B1OCCO1. The molecular formula is C15H12BNO3. The number of nitriles is 1. The van der Waals surface area contributed by atoms with Crippen molar-refractivity contribution in [1.29, 1.82) is 5.26 Å². The van der Waals surface area contributed by atoms with Crippen LogP contribution in [0.1, 0.15) is 5.56 Å². The van der Waals surface area contributed by atoms with Gasteiger partial charge in [0, 0.05) is 5.46 Å². The average molecular weight is 265 g/mol. The van der Waals surface area contributed by atoms with Gasteiger partial charge in [0.05, 0.1) is 24.8 Å². The molecule has 1 aliphatic heterocycles. The van der Waals surface area contributed by atoms with E-state index in [1.165, 1.54) is 0 Å². The van der Waals surface area contributed by atoms with Crippen LogP contribution in [0.15, 0.2) is 48.5 Å². The molecule has 4 nitrogen and oxygen atoms in total. The molecule has 0 spiro atoms. The zero-order valence-corrected chi connectivity index (χ0v) is 10.8. The highest BCUT2D eigenvalue weighted by molar-refractivity contribution is 6.63. The number of benzene rings is 2. The van der Waals surface area contributed by atoms with E-state index in [0.717, 1.165) is 0 Å². The van der Waals surface area contributed by atoms with Crippen LogP contribution in [0, 0.1) is 11.3 Å². The van der Waals surface area contributed by atoms with Gasteiger partial charge in [-0.15, -0.1) is 0 Å². The Hall–Kier alpha value is -2.29. The number of nitrogens with zero attached hydrogens (tertiary/aromatic N) is 1. The summed E-state index contributed by atoms with van der Waals surface area (Å²) in [5.74, 6) is 1.30. The smallest absolute Gasteiger partial charge is 0.458 e. The van der Waals surface area contributed by atoms with Gasteiger partial charge in [0.25, 0.3) is 0 Å². The molecule has 0 saturated carbocycles. The van der Waals surface area contributed by atoms with Crippen molar-refractivity contribution in [3.8, 4) is 17.6 Å². The minimum Gasteiger partial charge on any atom is -0.458 e. The predicted octanol–water partition coefficient (Wildman–Crippen LogP) is 2.09. The minimum absolute atomic E-state index is 0.505. The summed E-state index contributed by atoms with van der Waals surface area (Å²) in [5.41, 5.74) is 1.15. The number of rotatable bonds is 3. The molecule has 2 aromatic rings. The van der Waals surface area contributed by atoms with Gasteiger partial charge in [-0.3, -0.25) is 0 Å². The van der Waals surface area contributed by atoms with Gasteiger partial charge >= 0.3 is 7.12 Å². The molecule has 20 heavy (non-hydrogen) atoms. The quantitative estimate of drug-likeness (QED) is 0.797. The molecule has 0 aromatic heterocycles. The third kappa shape index (κ3) is 2.52. The zero-order valence-electron chi connectivity index (χ0n) is 10.8. The zero-order chi connectivity index (χ0) is 13.8. The number of ether oxygens (including phenoxy) is 1. The van der Waals surface area contributed by atoms with Gasteiger partial charge in [0.1, 0.15) is 11.5 Å². The highest BCUT2D eigenvalue weighted by Gasteiger charge is 2.32. The van der Waals surface area contributed by atoms with E-state index in [0.29, 0.717) is 35.7 Å². The van der Waals surface area contributed by atoms with Crippen LogP contribution in [0.25, 0.3) is 0 Å². The van der Waals surface area contributed by atoms with Gasteiger partial charge in [-0.1, -0.05) is 24.3 Å². The summed E-state index contributed by atoms with van der Waals surface area (Å²) in [4.78, 5) is 0. The Bertz CT molecular complexity index is 633. The maximum atomic E-state index is 9.25. The van der Waals surface area contributed by atoms with Crippen molar-refractivity contribution in [2.75, 3.05) is 13.2 Å². The van der Waals surface area contributed by atoms with Gasteiger partial charge in [0.15, 0.2) is 0 Å². The molecule has 1 aliphatic rings. The van der Waals surface area contributed by atoms with Crippen molar-refractivity contribution in [1.82, 2.24) is 0 Å². The fourth-order valence-corrected chi connectivity index (χ4v) is 2.11. The lowest BCUT2D eigenvalue weighted by molar-refractivity contribution is 0.365. The first-order chi connectivity index (χ1) is 9.88. The highest BCUT2D eigenvalue weighted by atomic mass is 16.6. The molecule has 1 heterocycles. The van der Waals surface area contributed by atoms with Crippen molar-refractivity contribution in [3.05, 3.63) is 54.1 Å². The molecule has 0 bridgehead atoms. The Balaban J connectivity index is 1.99. The van der Waals surface area contributed by atoms with Crippen molar-refractivity contribution in [2.45, 2.75) is 0 Å². The summed E-state index contributed by atoms with van der Waals surface area (Å²) in [6.07, 6.45) is 0. The van der Waals surface area contributed by atoms with Gasteiger partial charge < -0.3 is 14.0 Å². The van der Waals surface area contributed by atoms with Crippen LogP contribution in [0.3, 0.4) is 0 Å². The van der Waals surface area contributed by atoms with E-state index in [1.54, 1.807) is 12.1 Å². The summed E-state index contributed by atoms with van der Waals surface area (Å²) in [6, 6.07) is 16.9. The lowest BCUT2D eigenvalue weighted by atomic mass is 9.75. The van der Waals surface area contributed by atoms with Crippen molar-refractivity contribution >= 4 is 12.6 Å². The normalized spacial score (nSPS) is 14.1. The molecule has 2 aromatic carbocycles. The summed E-state index contributed by atoms with van der Waals surface area (Å²) in [6.45, 7) is 1.05. The maximum absolute atomic E-state index is 9.25. The van der Waals surface area contributed by atoms with Crippen molar-refractivity contribution < 1.29 is 14.0 Å². The molecular weight excluding hydrogens is 253 g/mol. The molecule has 0 radical (unpaired) electrons. The summed E-state index contributed by atoms with van der Waals surface area (Å²) in [7, 11) is -0.537. The van der Waals surface area contributed by atoms with Crippen LogP contribution in [0.4, 0.5) is 0 Å². The lowest BCUT2D eigenvalue weighted by Crippen LogP contribution is -2.35. The van der Waals surface area contributed by atoms with Crippen LogP contribution in [-0.4, -0.2) is 20.3 Å². The van der Waals surface area contributed by atoms with Crippen LogP contribution >= 0.6 is 0 Å². The molecule has 0 aliphatic carbocycles. The fraction of sp³-hybridized carbons (Fsp3) is 0.133. The number of hydrogen-bond donors (Lipinski definition) is 0. The molecule has 0 atom stereocenters. The van der Waals surface area contributed by atoms with E-state index in [2.05, 4.69) is 6.07 Å². The standard InChI is InChI=1S/C15H12BNO3/c17-11-12-5-4-8-14(15(12)16-18-9-10-19-16)20-13-6-2-1-3-7-13/h1-8H,9-10H2. The second-order valence-corrected chi connectivity index (χ2v) is 4.32. The first kappa shape index (κ1) is 12.7. The number of para-hydroxylation sites is 1. The lowest BCUT2D eigenvalue weighted by Gasteiger charge is -2.13. The topological polar surface area (TPSA) is 51.5 Å². The Morgan fingerprint density at radius 2 is 1.75 bits per heavy atom. The molecule has 98 valence electrons. The van der Waals surface area contributed by atoms with Crippen LogP contribution in [0.5, 0.6) is 11.5 Å². The van der Waals surface area contributed by atoms with E-state index >= 15 is 0 Å². The van der Waals surface area contributed by atoms with Gasteiger partial charge in [-0.25, -0.2) is 0 Å². The minimum atomic E-state index is -0.537. The summed E-state index contributed by atoms with van der Waals surface area (Å²) < 4.78 is 16.9. The van der Waals surface area contributed by atoms with E-state index in [-0.39, 0.29) is 0 Å². The van der Waals surface area contributed by atoms with E-state index in [4.69, 9.17) is 14.0 Å². The van der Waals surface area contributed by atoms with Crippen LogP contribution < -0.4 is 10.2 Å². The third-order valence-corrected chi connectivity index (χ3v) is 3.02. The summed E-state index contributed by atoms with van der Waals surface area (Å²) in [5, 5.41) is 9.25. The molecule has 0 amide bonds. The molecule has 3 rings (SSSR count). The van der Waals surface area contributed by atoms with Crippen LogP contribution in [0.2, 0.25) is 0 Å². The Morgan fingerprint density at radius 3 is 2.45 bits per heavy atom. The van der Waals surface area contributed by atoms with E-state index < -0.39 is 7.12 Å². The van der Waals surface area contributed by atoms with Crippen LogP contribution in [-0.2, 0) is 9.31 Å². The molecule has 1 fully saturated rings. The van der Waals surface area contributed by atoms with Gasteiger partial charge in [-0.05, 0) is 24.3 Å².